The molecule has 0 bridgehead atoms. The molecule has 1 heterocycles. The van der Waals surface area contributed by atoms with E-state index in [1.165, 1.54) is 6.20 Å². The van der Waals surface area contributed by atoms with Crippen molar-refractivity contribution in [1.29, 1.82) is 0 Å². The SMILES string of the molecule is FC(F)(F)Cc1[nH]ncc1I. The Labute approximate surface area is 74.3 Å². The topological polar surface area (TPSA) is 28.7 Å². The predicted molar refractivity (Wildman–Crippen MR) is 41.1 cm³/mol. The highest BCUT2D eigenvalue weighted by atomic mass is 127. The maximum atomic E-state index is 11.7. The second-order valence-corrected chi connectivity index (χ2v) is 3.15. The quantitative estimate of drug-likeness (QED) is 0.782. The van der Waals surface area contributed by atoms with Gasteiger partial charge in [-0.25, -0.2) is 0 Å². The first-order chi connectivity index (χ1) is 4.99. The van der Waals surface area contributed by atoms with Crippen LogP contribution in [0.15, 0.2) is 6.20 Å². The summed E-state index contributed by atoms with van der Waals surface area (Å²) in [5.74, 6) is 0. The highest BCUT2D eigenvalue weighted by Gasteiger charge is 2.29. The Balaban J connectivity index is 2.72. The Bertz CT molecular complexity index is 242. The normalized spacial score (nSPS) is 12.0. The lowest BCUT2D eigenvalue weighted by molar-refractivity contribution is -0.127. The molecule has 6 heteroatoms. The van der Waals surface area contributed by atoms with Crippen molar-refractivity contribution in [2.24, 2.45) is 0 Å². The molecule has 0 saturated heterocycles. The molecule has 0 aliphatic carbocycles. The van der Waals surface area contributed by atoms with Gasteiger partial charge in [0.25, 0.3) is 0 Å². The molecular formula is C5H4F3IN2. The van der Waals surface area contributed by atoms with Gasteiger partial charge in [-0.3, -0.25) is 5.10 Å². The maximum absolute atomic E-state index is 11.7. The van der Waals surface area contributed by atoms with Crippen LogP contribution in [0.25, 0.3) is 0 Å². The van der Waals surface area contributed by atoms with Gasteiger partial charge in [0.1, 0.15) is 0 Å². The van der Waals surface area contributed by atoms with Gasteiger partial charge in [0.2, 0.25) is 0 Å². The van der Waals surface area contributed by atoms with Crippen molar-refractivity contribution >= 4 is 22.6 Å². The van der Waals surface area contributed by atoms with Gasteiger partial charge in [-0.2, -0.15) is 18.3 Å². The fourth-order valence-corrected chi connectivity index (χ4v) is 1.07. The van der Waals surface area contributed by atoms with Gasteiger partial charge in [0.15, 0.2) is 0 Å². The van der Waals surface area contributed by atoms with Crippen molar-refractivity contribution in [3.8, 4) is 0 Å². The van der Waals surface area contributed by atoms with Crippen molar-refractivity contribution < 1.29 is 13.2 Å². The number of hydrogen-bond donors (Lipinski definition) is 1. The van der Waals surface area contributed by atoms with E-state index in [0.29, 0.717) is 3.57 Å². The molecule has 1 aromatic heterocycles. The number of halogens is 4. The molecule has 1 N–H and O–H groups in total. The fraction of sp³-hybridized carbons (Fsp3) is 0.400. The molecule has 11 heavy (non-hydrogen) atoms. The first-order valence-electron chi connectivity index (χ1n) is 2.73. The molecule has 1 aromatic rings. The molecule has 0 aliphatic heterocycles. The van der Waals surface area contributed by atoms with E-state index in [-0.39, 0.29) is 5.69 Å². The van der Waals surface area contributed by atoms with E-state index in [9.17, 15) is 13.2 Å². The van der Waals surface area contributed by atoms with Gasteiger partial charge >= 0.3 is 6.18 Å². The van der Waals surface area contributed by atoms with Gasteiger partial charge in [-0.15, -0.1) is 0 Å². The average Bonchev–Trinajstić information content (AvgIpc) is 2.12. The van der Waals surface area contributed by atoms with Gasteiger partial charge in [-0.1, -0.05) is 0 Å². The van der Waals surface area contributed by atoms with Crippen molar-refractivity contribution in [3.63, 3.8) is 0 Å². The summed E-state index contributed by atoms with van der Waals surface area (Å²) >= 11 is 1.80. The number of hydrogen-bond acceptors (Lipinski definition) is 1. The first kappa shape index (κ1) is 8.82. The van der Waals surface area contributed by atoms with Gasteiger partial charge in [0, 0.05) is 0 Å². The molecule has 0 aromatic carbocycles. The van der Waals surface area contributed by atoms with E-state index in [1.54, 1.807) is 22.6 Å². The predicted octanol–water partition coefficient (Wildman–Crippen LogP) is 2.12. The highest BCUT2D eigenvalue weighted by molar-refractivity contribution is 14.1. The summed E-state index contributed by atoms with van der Waals surface area (Å²) in [5.41, 5.74) is 0.123. The fourth-order valence-electron chi connectivity index (χ4n) is 0.623. The van der Waals surface area contributed by atoms with Crippen LogP contribution in [0.5, 0.6) is 0 Å². The second kappa shape index (κ2) is 3.00. The standard InChI is InChI=1S/C5H4F3IN2/c6-5(7,8)1-4-3(9)2-10-11-4/h2H,1H2,(H,10,11). The molecule has 0 spiro atoms. The molecule has 2 nitrogen and oxygen atoms in total. The molecule has 0 fully saturated rings. The molecule has 0 saturated carbocycles. The average molecular weight is 276 g/mol. The molecule has 0 unspecified atom stereocenters. The zero-order chi connectivity index (χ0) is 8.48. The number of rotatable bonds is 1. The van der Waals surface area contributed by atoms with E-state index in [1.807, 2.05) is 0 Å². The van der Waals surface area contributed by atoms with Crippen molar-refractivity contribution in [2.45, 2.75) is 12.6 Å². The summed E-state index contributed by atoms with van der Waals surface area (Å²) < 4.78 is 35.8. The van der Waals surface area contributed by atoms with Gasteiger partial charge < -0.3 is 0 Å². The van der Waals surface area contributed by atoms with E-state index in [0.717, 1.165) is 0 Å². The lowest BCUT2D eigenvalue weighted by Gasteiger charge is -2.03. The van der Waals surface area contributed by atoms with Gasteiger partial charge in [0.05, 0.1) is 21.9 Å². The number of alkyl halides is 3. The van der Waals surface area contributed by atoms with E-state index < -0.39 is 12.6 Å². The van der Waals surface area contributed by atoms with E-state index in [4.69, 9.17) is 0 Å². The second-order valence-electron chi connectivity index (χ2n) is 1.99. The molecule has 0 atom stereocenters. The van der Waals surface area contributed by atoms with E-state index in [2.05, 4.69) is 10.2 Å². The summed E-state index contributed by atoms with van der Waals surface area (Å²) in [4.78, 5) is 0. The molecule has 62 valence electrons. The van der Waals surface area contributed by atoms with Crippen LogP contribution >= 0.6 is 22.6 Å². The van der Waals surface area contributed by atoms with Crippen LogP contribution in [0.1, 0.15) is 5.69 Å². The number of nitrogens with one attached hydrogen (secondary N) is 1. The largest absolute Gasteiger partial charge is 0.394 e. The Kier molecular flexibility index (Phi) is 2.40. The first-order valence-corrected chi connectivity index (χ1v) is 3.81. The zero-order valence-corrected chi connectivity index (χ0v) is 7.40. The Morgan fingerprint density at radius 1 is 1.55 bits per heavy atom. The summed E-state index contributed by atoms with van der Waals surface area (Å²) in [6.07, 6.45) is -3.74. The summed E-state index contributed by atoms with van der Waals surface area (Å²) in [6, 6.07) is 0. The van der Waals surface area contributed by atoms with Crippen LogP contribution in [0.4, 0.5) is 13.2 Å². The lowest BCUT2D eigenvalue weighted by atomic mass is 10.3. The highest BCUT2D eigenvalue weighted by Crippen LogP contribution is 2.22. The van der Waals surface area contributed by atoms with Crippen molar-refractivity contribution in [3.05, 3.63) is 15.5 Å². The third-order valence-corrected chi connectivity index (χ3v) is 1.97. The molecule has 0 radical (unpaired) electrons. The van der Waals surface area contributed by atoms with Crippen LogP contribution in [-0.2, 0) is 6.42 Å². The Hall–Kier alpha value is -0.270. The maximum Gasteiger partial charge on any atom is 0.394 e. The van der Waals surface area contributed by atoms with Gasteiger partial charge in [-0.05, 0) is 22.6 Å². The van der Waals surface area contributed by atoms with Crippen LogP contribution in [-0.4, -0.2) is 16.4 Å². The van der Waals surface area contributed by atoms with Crippen LogP contribution < -0.4 is 0 Å². The van der Waals surface area contributed by atoms with Crippen molar-refractivity contribution in [1.82, 2.24) is 10.2 Å². The Morgan fingerprint density at radius 2 is 2.18 bits per heavy atom. The number of nitrogens with zero attached hydrogens (tertiary/aromatic N) is 1. The number of H-pyrrole nitrogens is 1. The summed E-state index contributed by atoms with van der Waals surface area (Å²) in [5, 5.41) is 5.76. The molecule has 0 amide bonds. The van der Waals surface area contributed by atoms with Crippen LogP contribution in [0, 0.1) is 3.57 Å². The third-order valence-electron chi connectivity index (χ3n) is 1.04. The van der Waals surface area contributed by atoms with Crippen LogP contribution in [0.3, 0.4) is 0 Å². The minimum Gasteiger partial charge on any atom is -0.281 e. The zero-order valence-electron chi connectivity index (χ0n) is 5.24. The number of aromatic amines is 1. The van der Waals surface area contributed by atoms with Crippen molar-refractivity contribution in [2.75, 3.05) is 0 Å². The lowest BCUT2D eigenvalue weighted by Crippen LogP contribution is -2.12. The van der Waals surface area contributed by atoms with E-state index >= 15 is 0 Å². The smallest absolute Gasteiger partial charge is 0.281 e. The summed E-state index contributed by atoms with van der Waals surface area (Å²) in [7, 11) is 0. The monoisotopic (exact) mass is 276 g/mol. The summed E-state index contributed by atoms with van der Waals surface area (Å²) in [6.45, 7) is 0. The molecule has 1 rings (SSSR count). The third kappa shape index (κ3) is 2.68. The minimum absolute atomic E-state index is 0.123. The number of aromatic nitrogens is 2. The Morgan fingerprint density at radius 3 is 2.55 bits per heavy atom. The minimum atomic E-state index is -4.16. The molecular weight excluding hydrogens is 272 g/mol. The molecule has 0 aliphatic rings. The van der Waals surface area contributed by atoms with Crippen LogP contribution in [0.2, 0.25) is 0 Å².